The Balaban J connectivity index is 3.45. The van der Waals surface area contributed by atoms with E-state index in [-0.39, 0.29) is 5.56 Å². The minimum absolute atomic E-state index is 0.187. The van der Waals surface area contributed by atoms with Gasteiger partial charge in [0, 0.05) is 0 Å². The summed E-state index contributed by atoms with van der Waals surface area (Å²) in [5.41, 5.74) is -0.187. The summed E-state index contributed by atoms with van der Waals surface area (Å²) in [5, 5.41) is 8.53. The minimum atomic E-state index is -1.23. The Morgan fingerprint density at radius 1 is 1.50 bits per heavy atom. The summed E-state index contributed by atoms with van der Waals surface area (Å²) >= 11 is 0. The molecule has 0 atom stereocenters. The molecular weight excluding hydrogens is 128 g/mol. The highest BCUT2D eigenvalue weighted by Gasteiger charge is 1.96. The number of benzene rings is 1. The van der Waals surface area contributed by atoms with E-state index in [1.54, 1.807) is 0 Å². The van der Waals surface area contributed by atoms with E-state index >= 15 is 0 Å². The topological polar surface area (TPSA) is 37.3 Å². The van der Waals surface area contributed by atoms with E-state index in [1.807, 2.05) is 0 Å². The Bertz CT molecular complexity index is 401. The van der Waals surface area contributed by atoms with Crippen molar-refractivity contribution in [2.45, 2.75) is 6.42 Å². The van der Waals surface area contributed by atoms with Gasteiger partial charge >= 0.3 is 5.97 Å². The fraction of sp³-hybridized carbons (Fsp3) is 0.125. The third-order valence-corrected chi connectivity index (χ3v) is 0.880. The van der Waals surface area contributed by atoms with E-state index in [0.717, 1.165) is 0 Å². The van der Waals surface area contributed by atoms with Gasteiger partial charge in [0.2, 0.25) is 0 Å². The van der Waals surface area contributed by atoms with Gasteiger partial charge in [-0.25, -0.2) is 0 Å². The summed E-state index contributed by atoms with van der Waals surface area (Å²) in [6.07, 6.45) is -0.574. The van der Waals surface area contributed by atoms with Crippen molar-refractivity contribution in [1.29, 1.82) is 0 Å². The predicted molar refractivity (Wildman–Crippen MR) is 37.8 cm³/mol. The molecule has 0 aliphatic carbocycles. The molecule has 0 aliphatic heterocycles. The molecule has 0 spiro atoms. The van der Waals surface area contributed by atoms with E-state index in [2.05, 4.69) is 0 Å². The highest BCUT2D eigenvalue weighted by molar-refractivity contribution is 5.70. The molecule has 2 heteroatoms. The summed E-state index contributed by atoms with van der Waals surface area (Å²) in [7, 11) is 0. The van der Waals surface area contributed by atoms with Crippen molar-refractivity contribution in [2.24, 2.45) is 0 Å². The van der Waals surface area contributed by atoms with Crippen LogP contribution >= 0.6 is 0 Å². The Morgan fingerprint density at radius 3 is 2.60 bits per heavy atom. The van der Waals surface area contributed by atoms with E-state index in [1.165, 1.54) is 0 Å². The first kappa shape index (κ1) is 2.74. The van der Waals surface area contributed by atoms with Crippen molar-refractivity contribution in [3.63, 3.8) is 0 Å². The molecule has 1 N–H and O–H groups in total. The zero-order valence-electron chi connectivity index (χ0n) is 10.1. The number of carboxylic acids is 1. The van der Waals surface area contributed by atoms with Crippen molar-refractivity contribution >= 4 is 5.97 Å². The van der Waals surface area contributed by atoms with Crippen molar-refractivity contribution in [1.82, 2.24) is 0 Å². The van der Waals surface area contributed by atoms with Gasteiger partial charge in [0.25, 0.3) is 0 Å². The molecule has 0 amide bonds. The van der Waals surface area contributed by atoms with E-state index in [4.69, 9.17) is 12.0 Å². The van der Waals surface area contributed by atoms with Gasteiger partial charge in [-0.1, -0.05) is 30.2 Å². The van der Waals surface area contributed by atoms with Gasteiger partial charge in [-0.3, -0.25) is 4.79 Å². The molecule has 0 fully saturated rings. The number of rotatable bonds is 2. The third-order valence-electron chi connectivity index (χ3n) is 0.880. The zero-order valence-corrected chi connectivity index (χ0v) is 5.06. The molecular formula is C8H8O2. The number of carboxylic acid groups (broad SMARTS) is 1. The lowest BCUT2D eigenvalue weighted by Gasteiger charge is -1.92. The lowest BCUT2D eigenvalue weighted by Crippen LogP contribution is -1.98. The molecule has 52 valence electrons. The molecule has 2 nitrogen and oxygen atoms in total. The van der Waals surface area contributed by atoms with Crippen molar-refractivity contribution in [3.8, 4) is 0 Å². The highest BCUT2D eigenvalue weighted by Crippen LogP contribution is 1.98. The van der Waals surface area contributed by atoms with Crippen LogP contribution in [0.25, 0.3) is 0 Å². The normalized spacial score (nSPS) is 16.2. The number of carbonyl (C=O) groups is 1. The molecule has 1 aromatic rings. The largest absolute Gasteiger partial charge is 0.481 e. The zero-order chi connectivity index (χ0) is 11.7. The molecule has 0 radical (unpaired) electrons. The Morgan fingerprint density at radius 2 is 2.10 bits per heavy atom. The average Bonchev–Trinajstić information content (AvgIpc) is 2.18. The van der Waals surface area contributed by atoms with E-state index < -0.39 is 42.6 Å². The maximum absolute atomic E-state index is 10.4. The second kappa shape index (κ2) is 3.01. The second-order valence-corrected chi connectivity index (χ2v) is 1.67. The van der Waals surface area contributed by atoms with Gasteiger partial charge in [0.05, 0.1) is 13.3 Å². The molecule has 1 aromatic carbocycles. The second-order valence-electron chi connectivity index (χ2n) is 1.67. The molecule has 0 aromatic heterocycles. The Hall–Kier alpha value is -1.31. The maximum atomic E-state index is 10.4. The molecule has 10 heavy (non-hydrogen) atoms. The van der Waals surface area contributed by atoms with Gasteiger partial charge < -0.3 is 5.11 Å². The molecule has 0 saturated heterocycles. The molecule has 0 unspecified atom stereocenters. The van der Waals surface area contributed by atoms with Gasteiger partial charge in [-0.2, -0.15) is 0 Å². The first-order chi connectivity index (χ1) is 6.86. The third kappa shape index (κ3) is 1.90. The van der Waals surface area contributed by atoms with Crippen LogP contribution in [0.4, 0.5) is 0 Å². The Labute approximate surface area is 66.1 Å². The van der Waals surface area contributed by atoms with Crippen LogP contribution in [-0.4, -0.2) is 11.1 Å². The first-order valence-electron chi connectivity index (χ1n) is 5.13. The van der Waals surface area contributed by atoms with Crippen LogP contribution in [0.2, 0.25) is 0 Å². The SMILES string of the molecule is [2H]c1c([2H])c([2H])c(CC(=O)O)c([2H])c1[2H]. The lowest BCUT2D eigenvalue weighted by atomic mass is 10.2. The van der Waals surface area contributed by atoms with Crippen LogP contribution in [0.1, 0.15) is 12.4 Å². The van der Waals surface area contributed by atoms with Gasteiger partial charge in [-0.05, 0) is 5.56 Å². The fourth-order valence-corrected chi connectivity index (χ4v) is 0.516. The standard InChI is InChI=1S/C8H8O2/c9-8(10)6-7-4-2-1-3-5-7/h1-5H,6H2,(H,9,10)/i1D,2D,3D,4D,5D. The van der Waals surface area contributed by atoms with Crippen LogP contribution < -0.4 is 0 Å². The summed E-state index contributed by atoms with van der Waals surface area (Å²) in [6, 6.07) is -2.44. The predicted octanol–water partition coefficient (Wildman–Crippen LogP) is 1.31. The van der Waals surface area contributed by atoms with Crippen molar-refractivity contribution < 1.29 is 16.8 Å². The van der Waals surface area contributed by atoms with Crippen LogP contribution in [0.5, 0.6) is 0 Å². The number of hydrogen-bond acceptors (Lipinski definition) is 1. The van der Waals surface area contributed by atoms with Gasteiger partial charge in [-0.15, -0.1) is 0 Å². The molecule has 1 rings (SSSR count). The molecule has 0 bridgehead atoms. The van der Waals surface area contributed by atoms with Crippen molar-refractivity contribution in [2.75, 3.05) is 0 Å². The van der Waals surface area contributed by atoms with Gasteiger partial charge in [0.15, 0.2) is 0 Å². The summed E-state index contributed by atoms with van der Waals surface area (Å²) in [5.74, 6) is -1.23. The monoisotopic (exact) mass is 141 g/mol. The quantitative estimate of drug-likeness (QED) is 0.674. The van der Waals surface area contributed by atoms with E-state index in [9.17, 15) is 4.79 Å². The van der Waals surface area contributed by atoms with E-state index in [0.29, 0.717) is 0 Å². The average molecular weight is 141 g/mol. The van der Waals surface area contributed by atoms with Crippen LogP contribution in [-0.2, 0) is 11.2 Å². The maximum Gasteiger partial charge on any atom is 0.307 e. The summed E-state index contributed by atoms with van der Waals surface area (Å²) in [4.78, 5) is 10.4. The smallest absolute Gasteiger partial charge is 0.307 e. The van der Waals surface area contributed by atoms with Crippen molar-refractivity contribution in [3.05, 3.63) is 35.8 Å². The summed E-state index contributed by atoms with van der Waals surface area (Å²) < 4.78 is 36.6. The molecule has 0 saturated carbocycles. The van der Waals surface area contributed by atoms with Gasteiger partial charge in [0.1, 0.15) is 0 Å². The van der Waals surface area contributed by atoms with Crippen LogP contribution in [0.15, 0.2) is 30.2 Å². The van der Waals surface area contributed by atoms with Crippen LogP contribution in [0, 0.1) is 0 Å². The Kier molecular flexibility index (Phi) is 0.826. The molecule has 0 aliphatic rings. The highest BCUT2D eigenvalue weighted by atomic mass is 16.4. The summed E-state index contributed by atoms with van der Waals surface area (Å²) in [6.45, 7) is 0. The number of aliphatic carboxylic acids is 1. The fourth-order valence-electron chi connectivity index (χ4n) is 0.516. The van der Waals surface area contributed by atoms with Crippen LogP contribution in [0.3, 0.4) is 0 Å². The molecule has 0 heterocycles. The lowest BCUT2D eigenvalue weighted by molar-refractivity contribution is -0.136. The first-order valence-corrected chi connectivity index (χ1v) is 2.63. The minimum Gasteiger partial charge on any atom is -0.481 e. The number of hydrogen-bond donors (Lipinski definition) is 1.